The highest BCUT2D eigenvalue weighted by molar-refractivity contribution is 6.27. The van der Waals surface area contributed by atoms with E-state index >= 15 is 0 Å². The van der Waals surface area contributed by atoms with E-state index in [-0.39, 0.29) is 0 Å². The van der Waals surface area contributed by atoms with Crippen LogP contribution < -0.4 is 0 Å². The third-order valence-electron chi connectivity index (χ3n) is 9.98. The molecule has 2 nitrogen and oxygen atoms in total. The van der Waals surface area contributed by atoms with E-state index in [0.29, 0.717) is 5.56 Å². The van der Waals surface area contributed by atoms with E-state index in [1.54, 1.807) is 0 Å². The highest BCUT2D eigenvalue weighted by Crippen LogP contribution is 2.44. The van der Waals surface area contributed by atoms with Gasteiger partial charge in [0.15, 0.2) is 0 Å². The van der Waals surface area contributed by atoms with Crippen molar-refractivity contribution < 1.29 is 0 Å². The Morgan fingerprint density at radius 1 is 0.404 bits per heavy atom. The van der Waals surface area contributed by atoms with Crippen molar-refractivity contribution in [2.45, 2.75) is 0 Å². The first kappa shape index (κ1) is 25.9. The molecule has 9 aromatic carbocycles. The molecule has 0 aliphatic rings. The van der Waals surface area contributed by atoms with Crippen molar-refractivity contribution in [1.29, 1.82) is 5.26 Å². The maximum atomic E-state index is 10.0. The molecule has 1 heterocycles. The van der Waals surface area contributed by atoms with Gasteiger partial charge in [-0.25, -0.2) is 0 Å². The van der Waals surface area contributed by atoms with Crippen LogP contribution in [0, 0.1) is 11.3 Å². The summed E-state index contributed by atoms with van der Waals surface area (Å²) >= 11 is 0. The first-order valence-corrected chi connectivity index (χ1v) is 16.0. The maximum Gasteiger partial charge on any atom is 0.0998 e. The van der Waals surface area contributed by atoms with Crippen LogP contribution in [0.2, 0.25) is 0 Å². The summed E-state index contributed by atoms with van der Waals surface area (Å²) in [5.41, 5.74) is 8.87. The largest absolute Gasteiger partial charge is 0.309 e. The highest BCUT2D eigenvalue weighted by Gasteiger charge is 2.21. The molecule has 0 aliphatic carbocycles. The molecule has 0 unspecified atom stereocenters. The Bertz CT molecular complexity index is 2900. The molecule has 0 atom stereocenters. The molecule has 10 aromatic rings. The Kier molecular flexibility index (Phi) is 5.38. The van der Waals surface area contributed by atoms with Gasteiger partial charge >= 0.3 is 0 Å². The van der Waals surface area contributed by atoms with Gasteiger partial charge in [-0.05, 0) is 102 Å². The second-order valence-corrected chi connectivity index (χ2v) is 12.4. The number of benzene rings is 9. The first-order valence-electron chi connectivity index (χ1n) is 16.0. The Hall–Kier alpha value is -6.43. The van der Waals surface area contributed by atoms with Crippen molar-refractivity contribution in [3.8, 4) is 34.0 Å². The molecular weight excluding hydrogens is 569 g/mol. The molecule has 47 heavy (non-hydrogen) atoms. The summed E-state index contributed by atoms with van der Waals surface area (Å²) in [6.45, 7) is 0. The van der Waals surface area contributed by atoms with Crippen molar-refractivity contribution in [3.05, 3.63) is 163 Å². The second kappa shape index (κ2) is 9.78. The van der Waals surface area contributed by atoms with Crippen molar-refractivity contribution in [2.24, 2.45) is 0 Å². The number of hydrogen-bond acceptors (Lipinski definition) is 1. The minimum atomic E-state index is 0.703. The van der Waals surface area contributed by atoms with Gasteiger partial charge in [0.1, 0.15) is 0 Å². The lowest BCUT2D eigenvalue weighted by Gasteiger charge is -2.15. The van der Waals surface area contributed by atoms with Crippen LogP contribution in [0.3, 0.4) is 0 Å². The van der Waals surface area contributed by atoms with Gasteiger partial charge in [0.05, 0.1) is 22.7 Å². The van der Waals surface area contributed by atoms with Gasteiger partial charge in [0, 0.05) is 21.8 Å². The van der Waals surface area contributed by atoms with Gasteiger partial charge < -0.3 is 4.57 Å². The lowest BCUT2D eigenvalue weighted by Crippen LogP contribution is -1.93. The van der Waals surface area contributed by atoms with Gasteiger partial charge in [-0.1, -0.05) is 115 Å². The normalized spacial score (nSPS) is 11.8. The minimum absolute atomic E-state index is 0.703. The SMILES string of the molecule is N#Cc1ccc2c3c1ccc1c(-c4cccc(-c5cc6c7ccccc7ccc6c6ccccc56)c4)ccc(c13)n2-c1ccccc1. The topological polar surface area (TPSA) is 28.7 Å². The summed E-state index contributed by atoms with van der Waals surface area (Å²) in [5, 5.41) is 22.1. The van der Waals surface area contributed by atoms with Crippen LogP contribution >= 0.6 is 0 Å². The zero-order valence-electron chi connectivity index (χ0n) is 25.4. The average molecular weight is 595 g/mol. The van der Waals surface area contributed by atoms with Gasteiger partial charge in [-0.15, -0.1) is 0 Å². The van der Waals surface area contributed by atoms with Crippen molar-refractivity contribution in [3.63, 3.8) is 0 Å². The van der Waals surface area contributed by atoms with Gasteiger partial charge in [0.25, 0.3) is 0 Å². The zero-order valence-corrected chi connectivity index (χ0v) is 25.4. The molecule has 0 saturated carbocycles. The molecule has 0 fully saturated rings. The first-order chi connectivity index (χ1) is 23.3. The van der Waals surface area contributed by atoms with E-state index in [4.69, 9.17) is 0 Å². The minimum Gasteiger partial charge on any atom is -0.309 e. The predicted molar refractivity (Wildman–Crippen MR) is 198 cm³/mol. The summed E-state index contributed by atoms with van der Waals surface area (Å²) in [6, 6.07) is 59.2. The summed E-state index contributed by atoms with van der Waals surface area (Å²) in [5.74, 6) is 0. The molecule has 0 amide bonds. The number of aromatic nitrogens is 1. The maximum absolute atomic E-state index is 10.0. The number of fused-ring (bicyclic) bond motifs is 5. The summed E-state index contributed by atoms with van der Waals surface area (Å²) in [6.07, 6.45) is 0. The summed E-state index contributed by atoms with van der Waals surface area (Å²) < 4.78 is 2.33. The monoisotopic (exact) mass is 594 g/mol. The van der Waals surface area contributed by atoms with Crippen molar-refractivity contribution in [1.82, 2.24) is 4.57 Å². The third kappa shape index (κ3) is 3.66. The van der Waals surface area contributed by atoms with Gasteiger partial charge in [0.2, 0.25) is 0 Å². The van der Waals surface area contributed by atoms with Crippen molar-refractivity contribution >= 4 is 64.9 Å². The third-order valence-corrected chi connectivity index (χ3v) is 9.98. The number of para-hydroxylation sites is 1. The Morgan fingerprint density at radius 2 is 1.04 bits per heavy atom. The zero-order chi connectivity index (χ0) is 31.1. The van der Waals surface area contributed by atoms with Crippen LogP contribution in [0.1, 0.15) is 5.56 Å². The second-order valence-electron chi connectivity index (χ2n) is 12.4. The molecule has 216 valence electrons. The number of hydrogen-bond donors (Lipinski definition) is 0. The van der Waals surface area contributed by atoms with Crippen LogP contribution in [0.4, 0.5) is 0 Å². The molecular formula is C45H26N2. The summed E-state index contributed by atoms with van der Waals surface area (Å²) in [7, 11) is 0. The number of rotatable bonds is 3. The molecule has 0 N–H and O–H groups in total. The van der Waals surface area contributed by atoms with Crippen LogP contribution in [-0.2, 0) is 0 Å². The smallest absolute Gasteiger partial charge is 0.0998 e. The van der Waals surface area contributed by atoms with E-state index in [9.17, 15) is 5.26 Å². The number of nitrogens with zero attached hydrogens (tertiary/aromatic N) is 2. The van der Waals surface area contributed by atoms with Crippen molar-refractivity contribution in [2.75, 3.05) is 0 Å². The van der Waals surface area contributed by atoms with Gasteiger partial charge in [-0.3, -0.25) is 0 Å². The fraction of sp³-hybridized carbons (Fsp3) is 0. The Labute approximate surface area is 271 Å². The van der Waals surface area contributed by atoms with Crippen LogP contribution in [0.15, 0.2) is 158 Å². The van der Waals surface area contributed by atoms with E-state index in [1.165, 1.54) is 65.3 Å². The van der Waals surface area contributed by atoms with Gasteiger partial charge in [-0.2, -0.15) is 5.26 Å². The highest BCUT2D eigenvalue weighted by atomic mass is 15.0. The lowest BCUT2D eigenvalue weighted by molar-refractivity contribution is 1.18. The van der Waals surface area contributed by atoms with E-state index in [0.717, 1.165) is 27.5 Å². The fourth-order valence-electron chi connectivity index (χ4n) is 7.92. The molecule has 0 bridgehead atoms. The molecule has 0 saturated heterocycles. The lowest BCUT2D eigenvalue weighted by atomic mass is 9.89. The Balaban J connectivity index is 1.24. The average Bonchev–Trinajstić information content (AvgIpc) is 3.49. The van der Waals surface area contributed by atoms with Crippen LogP contribution in [0.5, 0.6) is 0 Å². The molecule has 0 radical (unpaired) electrons. The Morgan fingerprint density at radius 3 is 1.87 bits per heavy atom. The van der Waals surface area contributed by atoms with Crippen LogP contribution in [-0.4, -0.2) is 4.57 Å². The molecule has 2 heteroatoms. The summed E-state index contributed by atoms with van der Waals surface area (Å²) in [4.78, 5) is 0. The molecule has 1 aromatic heterocycles. The molecule has 0 spiro atoms. The van der Waals surface area contributed by atoms with E-state index in [2.05, 4.69) is 156 Å². The van der Waals surface area contributed by atoms with Crippen LogP contribution in [0.25, 0.3) is 92.8 Å². The fourth-order valence-corrected chi connectivity index (χ4v) is 7.92. The van der Waals surface area contributed by atoms with E-state index in [1.807, 2.05) is 12.1 Å². The number of nitriles is 1. The standard InChI is InChI=1S/C45H26N2/c46-27-31-18-23-42-44-35(31)20-21-39-34(22-24-43(45(39)44)47(42)32-12-2-1-3-13-32)29-10-8-11-30(25-29)40-26-41-33-14-5-4-9-28(33)17-19-38(41)36-15-6-7-16-37(36)40/h1-26H. The molecule has 10 rings (SSSR count). The molecule has 0 aliphatic heterocycles. The predicted octanol–water partition coefficient (Wildman–Crippen LogP) is 12.0. The van der Waals surface area contributed by atoms with E-state index < -0.39 is 0 Å². The quantitative estimate of drug-likeness (QED) is 0.187.